The van der Waals surface area contributed by atoms with Crippen LogP contribution in [0.5, 0.6) is 0 Å². The summed E-state index contributed by atoms with van der Waals surface area (Å²) in [5.41, 5.74) is -3.75. The highest BCUT2D eigenvalue weighted by Crippen LogP contribution is 2.33. The summed E-state index contributed by atoms with van der Waals surface area (Å²) >= 11 is 11.5. The lowest BCUT2D eigenvalue weighted by atomic mass is 10.1. The fourth-order valence-corrected chi connectivity index (χ4v) is 2.37. The number of benzene rings is 1. The van der Waals surface area contributed by atoms with E-state index in [0.717, 1.165) is 0 Å². The van der Waals surface area contributed by atoms with E-state index in [1.807, 2.05) is 0 Å². The molecule has 23 heavy (non-hydrogen) atoms. The summed E-state index contributed by atoms with van der Waals surface area (Å²) < 4.78 is 51.4. The van der Waals surface area contributed by atoms with Crippen LogP contribution < -0.4 is 0 Å². The highest BCUT2D eigenvalue weighted by atomic mass is 35.5. The normalized spacial score (nSPS) is 21.3. The van der Waals surface area contributed by atoms with Crippen molar-refractivity contribution in [3.63, 3.8) is 0 Å². The van der Waals surface area contributed by atoms with Crippen molar-refractivity contribution in [2.75, 3.05) is 0 Å². The molecule has 1 aromatic carbocycles. The van der Waals surface area contributed by atoms with E-state index in [0.29, 0.717) is 5.56 Å². The molecule has 10 heteroatoms. The first-order valence-corrected chi connectivity index (χ1v) is 7.03. The fraction of sp³-hybridized carbons (Fsp3) is 0.385. The zero-order valence-corrected chi connectivity index (χ0v) is 12.8. The molecule has 1 atom stereocenters. The lowest BCUT2D eigenvalue weighted by Crippen LogP contribution is -2.52. The molecule has 0 unspecified atom stereocenters. The minimum absolute atomic E-state index is 0.0155. The zero-order chi connectivity index (χ0) is 17.4. The number of amides is 1. The maximum absolute atomic E-state index is 13.0. The molecular formula is C13H10Cl2F4N2O2. The molecule has 126 valence electrons. The predicted molar refractivity (Wildman–Crippen MR) is 76.0 cm³/mol. The summed E-state index contributed by atoms with van der Waals surface area (Å²) in [6.07, 6.45) is -8.19. The third-order valence-electron chi connectivity index (χ3n) is 3.21. The molecule has 0 aromatic heterocycles. The Bertz CT molecular complexity index is 657. The van der Waals surface area contributed by atoms with Crippen molar-refractivity contribution in [3.05, 3.63) is 33.8 Å². The summed E-state index contributed by atoms with van der Waals surface area (Å²) in [5.74, 6) is -1.07. The fourth-order valence-electron chi connectivity index (χ4n) is 2.05. The van der Waals surface area contributed by atoms with Gasteiger partial charge in [-0.3, -0.25) is 4.79 Å². The van der Waals surface area contributed by atoms with Gasteiger partial charge in [-0.2, -0.15) is 10.1 Å². The molecule has 0 saturated heterocycles. The van der Waals surface area contributed by atoms with Crippen LogP contribution in [0.3, 0.4) is 0 Å². The number of carbonyl (C=O) groups is 1. The molecule has 0 bridgehead atoms. The van der Waals surface area contributed by atoms with Gasteiger partial charge in [-0.25, -0.2) is 17.6 Å². The van der Waals surface area contributed by atoms with E-state index < -0.39 is 43.0 Å². The van der Waals surface area contributed by atoms with Gasteiger partial charge in [-0.1, -0.05) is 29.3 Å². The average molecular weight is 373 g/mol. The molecule has 0 radical (unpaired) electrons. The Morgan fingerprint density at radius 1 is 1.30 bits per heavy atom. The van der Waals surface area contributed by atoms with Gasteiger partial charge in [0.2, 0.25) is 11.6 Å². The average Bonchev–Trinajstić information content (AvgIpc) is 2.83. The second kappa shape index (κ2) is 6.62. The molecule has 1 aliphatic rings. The van der Waals surface area contributed by atoms with Crippen molar-refractivity contribution >= 4 is 34.8 Å². The van der Waals surface area contributed by atoms with Crippen LogP contribution in [0.1, 0.15) is 12.0 Å². The van der Waals surface area contributed by atoms with Gasteiger partial charge in [0, 0.05) is 6.42 Å². The molecule has 2 rings (SSSR count). The van der Waals surface area contributed by atoms with Gasteiger partial charge in [-0.15, -0.1) is 0 Å². The number of rotatable bonds is 4. The van der Waals surface area contributed by atoms with Crippen LogP contribution in [0.2, 0.25) is 10.0 Å². The second-order valence-electron chi connectivity index (χ2n) is 4.88. The van der Waals surface area contributed by atoms with E-state index in [2.05, 4.69) is 5.10 Å². The van der Waals surface area contributed by atoms with Crippen LogP contribution in [0.25, 0.3) is 0 Å². The number of hydrogen-bond donors (Lipinski definition) is 1. The van der Waals surface area contributed by atoms with Gasteiger partial charge in [0.25, 0.3) is 12.9 Å². The Morgan fingerprint density at radius 3 is 2.48 bits per heavy atom. The first kappa shape index (κ1) is 18.0. The maximum Gasteiger partial charge on any atom is 0.287 e. The number of aliphatic hydroxyl groups is 1. The molecule has 0 saturated carbocycles. The van der Waals surface area contributed by atoms with Crippen molar-refractivity contribution < 1.29 is 27.5 Å². The standard InChI is InChI=1S/C13H10Cl2F4N2O2/c14-7-2-1-6(3-8(7)15)4-10(22)21-13(23,12(18)19)5-9(20-21)11(16)17/h1-3,11-12,23H,4-5H2/t13-/m0/s1. The minimum Gasteiger partial charge on any atom is -0.364 e. The van der Waals surface area contributed by atoms with Gasteiger partial charge in [0.1, 0.15) is 5.71 Å². The monoisotopic (exact) mass is 372 g/mol. The van der Waals surface area contributed by atoms with Crippen LogP contribution in [-0.2, 0) is 11.2 Å². The Morgan fingerprint density at radius 2 is 1.96 bits per heavy atom. The third-order valence-corrected chi connectivity index (χ3v) is 3.95. The van der Waals surface area contributed by atoms with E-state index in [-0.39, 0.29) is 15.1 Å². The molecule has 1 aliphatic heterocycles. The number of carbonyl (C=O) groups excluding carboxylic acids is 1. The molecule has 0 aliphatic carbocycles. The summed E-state index contributed by atoms with van der Waals surface area (Å²) in [6, 6.07) is 4.14. The molecule has 1 amide bonds. The summed E-state index contributed by atoms with van der Waals surface area (Å²) in [7, 11) is 0. The Balaban J connectivity index is 2.25. The lowest BCUT2D eigenvalue weighted by molar-refractivity contribution is -0.191. The zero-order valence-electron chi connectivity index (χ0n) is 11.3. The summed E-state index contributed by atoms with van der Waals surface area (Å²) in [6.45, 7) is 0. The molecule has 4 nitrogen and oxygen atoms in total. The first-order valence-electron chi connectivity index (χ1n) is 6.28. The van der Waals surface area contributed by atoms with E-state index in [1.54, 1.807) is 0 Å². The van der Waals surface area contributed by atoms with Gasteiger partial charge < -0.3 is 5.11 Å². The smallest absolute Gasteiger partial charge is 0.287 e. The number of halogens is 6. The topological polar surface area (TPSA) is 52.9 Å². The quantitative estimate of drug-likeness (QED) is 0.824. The van der Waals surface area contributed by atoms with Gasteiger partial charge >= 0.3 is 0 Å². The number of hydrazone groups is 1. The van der Waals surface area contributed by atoms with E-state index >= 15 is 0 Å². The molecule has 1 aromatic rings. The largest absolute Gasteiger partial charge is 0.364 e. The minimum atomic E-state index is -3.46. The van der Waals surface area contributed by atoms with Gasteiger partial charge in [0.05, 0.1) is 16.5 Å². The number of nitrogens with zero attached hydrogens (tertiary/aromatic N) is 2. The summed E-state index contributed by atoms with van der Waals surface area (Å²) in [5, 5.41) is 13.4. The van der Waals surface area contributed by atoms with Crippen LogP contribution in [0.4, 0.5) is 17.6 Å². The highest BCUT2D eigenvalue weighted by Gasteiger charge is 2.53. The van der Waals surface area contributed by atoms with Crippen LogP contribution in [0, 0.1) is 0 Å². The molecule has 1 heterocycles. The second-order valence-corrected chi connectivity index (χ2v) is 5.69. The Labute approximate surface area is 138 Å². The van der Waals surface area contributed by atoms with E-state index in [1.165, 1.54) is 18.2 Å². The maximum atomic E-state index is 13.0. The number of alkyl halides is 4. The Hall–Kier alpha value is -1.38. The molecule has 0 fully saturated rings. The van der Waals surface area contributed by atoms with E-state index in [4.69, 9.17) is 23.2 Å². The number of hydrogen-bond acceptors (Lipinski definition) is 3. The lowest BCUT2D eigenvalue weighted by Gasteiger charge is -2.30. The summed E-state index contributed by atoms with van der Waals surface area (Å²) in [4.78, 5) is 12.1. The molecule has 0 spiro atoms. The van der Waals surface area contributed by atoms with Crippen LogP contribution in [0.15, 0.2) is 23.3 Å². The van der Waals surface area contributed by atoms with Crippen molar-refractivity contribution in [1.29, 1.82) is 0 Å². The van der Waals surface area contributed by atoms with Crippen molar-refractivity contribution in [2.45, 2.75) is 31.4 Å². The van der Waals surface area contributed by atoms with Crippen LogP contribution in [-0.4, -0.2) is 40.3 Å². The van der Waals surface area contributed by atoms with Gasteiger partial charge in [0.15, 0.2) is 0 Å². The highest BCUT2D eigenvalue weighted by molar-refractivity contribution is 6.42. The first-order chi connectivity index (χ1) is 10.6. The van der Waals surface area contributed by atoms with Crippen molar-refractivity contribution in [3.8, 4) is 0 Å². The van der Waals surface area contributed by atoms with Crippen molar-refractivity contribution in [1.82, 2.24) is 5.01 Å². The van der Waals surface area contributed by atoms with Crippen LogP contribution >= 0.6 is 23.2 Å². The SMILES string of the molecule is O=C(Cc1ccc(Cl)c(Cl)c1)N1N=C(C(F)F)C[C@]1(O)C(F)F. The molecule has 1 N–H and O–H groups in total. The Kier molecular flexibility index (Phi) is 5.17. The van der Waals surface area contributed by atoms with E-state index in [9.17, 15) is 27.5 Å². The van der Waals surface area contributed by atoms with Gasteiger partial charge in [-0.05, 0) is 17.7 Å². The predicted octanol–water partition coefficient (Wildman–Crippen LogP) is 3.34. The third kappa shape index (κ3) is 3.59. The molecular weight excluding hydrogens is 363 g/mol. The van der Waals surface area contributed by atoms with Crippen molar-refractivity contribution in [2.24, 2.45) is 5.10 Å².